The molecule has 0 bridgehead atoms. The predicted octanol–water partition coefficient (Wildman–Crippen LogP) is 2.02. The zero-order valence-electron chi connectivity index (χ0n) is 9.76. The molecule has 1 aliphatic heterocycles. The molecule has 1 aromatic rings. The Kier molecular flexibility index (Phi) is 2.50. The molecular formula is C13H15NO. The van der Waals surface area contributed by atoms with Crippen LogP contribution >= 0.6 is 0 Å². The number of hydrogen-bond acceptors (Lipinski definition) is 1. The van der Waals surface area contributed by atoms with Crippen molar-refractivity contribution in [1.82, 2.24) is 4.90 Å². The molecule has 2 heteroatoms. The smallest absolute Gasteiger partial charge is 0.226 e. The zero-order valence-corrected chi connectivity index (χ0v) is 8.76. The highest BCUT2D eigenvalue weighted by molar-refractivity contribution is 5.79. The van der Waals surface area contributed by atoms with E-state index in [1.54, 1.807) is 18.0 Å². The van der Waals surface area contributed by atoms with E-state index in [1.807, 2.05) is 24.3 Å². The van der Waals surface area contributed by atoms with Crippen molar-refractivity contribution in [3.05, 3.63) is 48.0 Å². The highest BCUT2D eigenvalue weighted by Crippen LogP contribution is 2.14. The molecule has 1 unspecified atom stereocenters. The largest absolute Gasteiger partial charge is 0.339 e. The van der Waals surface area contributed by atoms with Crippen molar-refractivity contribution in [2.24, 2.45) is 0 Å². The summed E-state index contributed by atoms with van der Waals surface area (Å²) < 4.78 is 7.50. The molecule has 78 valence electrons. The van der Waals surface area contributed by atoms with Crippen LogP contribution in [0.2, 0.25) is 0 Å². The number of carbonyl (C=O) groups excluding carboxylic acids is 1. The number of hydrogen-bond donors (Lipinski definition) is 0. The van der Waals surface area contributed by atoms with Crippen LogP contribution in [0.15, 0.2) is 42.5 Å². The van der Waals surface area contributed by atoms with Crippen molar-refractivity contribution in [2.45, 2.75) is 18.9 Å². The SMILES string of the molecule is [2H]C1C=C[C@H](Cc2ccccc2)N(C)C1=O. The van der Waals surface area contributed by atoms with Gasteiger partial charge in [-0.15, -0.1) is 0 Å². The Balaban J connectivity index is 2.12. The van der Waals surface area contributed by atoms with Crippen molar-refractivity contribution < 1.29 is 6.17 Å². The van der Waals surface area contributed by atoms with Gasteiger partial charge in [-0.05, 0) is 12.0 Å². The van der Waals surface area contributed by atoms with Crippen LogP contribution in [0.4, 0.5) is 0 Å². The van der Waals surface area contributed by atoms with Gasteiger partial charge in [0.25, 0.3) is 0 Å². The normalized spacial score (nSPS) is 26.6. The number of benzene rings is 1. The molecule has 0 saturated heterocycles. The van der Waals surface area contributed by atoms with E-state index in [0.29, 0.717) is 0 Å². The monoisotopic (exact) mass is 202 g/mol. The summed E-state index contributed by atoms with van der Waals surface area (Å²) in [4.78, 5) is 13.3. The Labute approximate surface area is 91.6 Å². The van der Waals surface area contributed by atoms with E-state index in [4.69, 9.17) is 1.37 Å². The first-order chi connectivity index (χ1) is 7.68. The Hall–Kier alpha value is -1.57. The number of amides is 1. The zero-order chi connectivity index (χ0) is 11.5. The van der Waals surface area contributed by atoms with E-state index in [-0.39, 0.29) is 11.9 Å². The molecular weight excluding hydrogens is 186 g/mol. The van der Waals surface area contributed by atoms with Crippen molar-refractivity contribution in [1.29, 1.82) is 0 Å². The molecule has 2 rings (SSSR count). The topological polar surface area (TPSA) is 20.3 Å². The molecule has 0 saturated carbocycles. The first-order valence-electron chi connectivity index (χ1n) is 5.67. The number of nitrogens with zero attached hydrogens (tertiary/aromatic N) is 1. The van der Waals surface area contributed by atoms with E-state index in [9.17, 15) is 4.79 Å². The average Bonchev–Trinajstić information content (AvgIpc) is 2.31. The molecule has 1 amide bonds. The fourth-order valence-electron chi connectivity index (χ4n) is 1.74. The van der Waals surface area contributed by atoms with Gasteiger partial charge in [0.15, 0.2) is 0 Å². The minimum Gasteiger partial charge on any atom is -0.339 e. The minimum absolute atomic E-state index is 0.0801. The van der Waals surface area contributed by atoms with Gasteiger partial charge in [-0.25, -0.2) is 0 Å². The summed E-state index contributed by atoms with van der Waals surface area (Å²) in [5.41, 5.74) is 1.21. The molecule has 0 radical (unpaired) electrons. The van der Waals surface area contributed by atoms with Crippen LogP contribution in [0.1, 0.15) is 13.3 Å². The van der Waals surface area contributed by atoms with Crippen molar-refractivity contribution in [3.8, 4) is 0 Å². The van der Waals surface area contributed by atoms with Crippen LogP contribution in [0.25, 0.3) is 0 Å². The van der Waals surface area contributed by atoms with Gasteiger partial charge in [0.2, 0.25) is 5.91 Å². The van der Waals surface area contributed by atoms with Gasteiger partial charge in [0.1, 0.15) is 0 Å². The van der Waals surface area contributed by atoms with Gasteiger partial charge in [0.05, 0.1) is 6.04 Å². The fourth-order valence-corrected chi connectivity index (χ4v) is 1.74. The van der Waals surface area contributed by atoms with E-state index in [1.165, 1.54) is 5.56 Å². The Morgan fingerprint density at radius 3 is 2.93 bits per heavy atom. The third kappa shape index (κ3) is 2.27. The number of rotatable bonds is 2. The molecule has 15 heavy (non-hydrogen) atoms. The summed E-state index contributed by atoms with van der Waals surface area (Å²) in [7, 11) is 1.76. The van der Waals surface area contributed by atoms with Crippen LogP contribution in [0.3, 0.4) is 0 Å². The molecule has 2 nitrogen and oxygen atoms in total. The summed E-state index contributed by atoms with van der Waals surface area (Å²) in [5.74, 6) is -0.122. The second kappa shape index (κ2) is 4.30. The van der Waals surface area contributed by atoms with E-state index < -0.39 is 6.40 Å². The molecule has 1 aliphatic rings. The molecule has 0 aromatic heterocycles. The summed E-state index contributed by atoms with van der Waals surface area (Å²) >= 11 is 0. The third-order valence-corrected chi connectivity index (χ3v) is 2.70. The Morgan fingerprint density at radius 1 is 1.47 bits per heavy atom. The molecule has 0 aliphatic carbocycles. The minimum atomic E-state index is -0.725. The van der Waals surface area contributed by atoms with Crippen molar-refractivity contribution >= 4 is 5.91 Å². The lowest BCUT2D eigenvalue weighted by Gasteiger charge is -2.28. The lowest BCUT2D eigenvalue weighted by molar-refractivity contribution is -0.130. The molecule has 1 aromatic carbocycles. The van der Waals surface area contributed by atoms with Crippen molar-refractivity contribution in [2.75, 3.05) is 7.05 Å². The summed E-state index contributed by atoms with van der Waals surface area (Å²) in [5, 5.41) is 0. The van der Waals surface area contributed by atoms with Gasteiger partial charge in [0, 0.05) is 14.8 Å². The van der Waals surface area contributed by atoms with Crippen LogP contribution in [-0.2, 0) is 11.2 Å². The maximum Gasteiger partial charge on any atom is 0.226 e. The summed E-state index contributed by atoms with van der Waals surface area (Å²) in [6.07, 6.45) is 3.71. The number of carbonyl (C=O) groups is 1. The van der Waals surface area contributed by atoms with E-state index in [2.05, 4.69) is 12.1 Å². The third-order valence-electron chi connectivity index (χ3n) is 2.70. The van der Waals surface area contributed by atoms with Gasteiger partial charge in [-0.2, -0.15) is 0 Å². The van der Waals surface area contributed by atoms with Crippen LogP contribution < -0.4 is 0 Å². The average molecular weight is 202 g/mol. The van der Waals surface area contributed by atoms with E-state index >= 15 is 0 Å². The van der Waals surface area contributed by atoms with Crippen LogP contribution in [0, 0.1) is 0 Å². The second-order valence-corrected chi connectivity index (χ2v) is 3.76. The molecule has 2 atom stereocenters. The lowest BCUT2D eigenvalue weighted by Crippen LogP contribution is -2.39. The maximum atomic E-state index is 11.6. The number of likely N-dealkylation sites (N-methyl/N-ethyl adjacent to an activating group) is 1. The molecule has 0 N–H and O–H groups in total. The lowest BCUT2D eigenvalue weighted by atomic mass is 10.0. The first kappa shape index (κ1) is 8.72. The fraction of sp³-hybridized carbons (Fsp3) is 0.308. The van der Waals surface area contributed by atoms with Gasteiger partial charge in [-0.3, -0.25) is 4.79 Å². The van der Waals surface area contributed by atoms with Crippen molar-refractivity contribution in [3.63, 3.8) is 0 Å². The Morgan fingerprint density at radius 2 is 2.20 bits per heavy atom. The predicted molar refractivity (Wildman–Crippen MR) is 60.5 cm³/mol. The van der Waals surface area contributed by atoms with Gasteiger partial charge in [-0.1, -0.05) is 42.5 Å². The highest BCUT2D eigenvalue weighted by atomic mass is 16.2. The quantitative estimate of drug-likeness (QED) is 0.672. The van der Waals surface area contributed by atoms with E-state index in [0.717, 1.165) is 6.42 Å². The second-order valence-electron chi connectivity index (χ2n) is 3.76. The van der Waals surface area contributed by atoms with Crippen LogP contribution in [-0.4, -0.2) is 23.9 Å². The molecule has 0 spiro atoms. The molecule has 0 fully saturated rings. The Bertz CT molecular complexity index is 402. The van der Waals surface area contributed by atoms with Crippen LogP contribution in [0.5, 0.6) is 0 Å². The first-order valence-corrected chi connectivity index (χ1v) is 5.09. The summed E-state index contributed by atoms with van der Waals surface area (Å²) in [6.45, 7) is 0. The maximum absolute atomic E-state index is 11.6. The molecule has 1 heterocycles. The summed E-state index contributed by atoms with van der Waals surface area (Å²) in [6, 6.07) is 10.2. The standard InChI is InChI=1S/C13H15NO/c1-14-12(8-5-9-13(14)15)10-11-6-3-2-4-7-11/h2-8,12H,9-10H2,1H3/t12-/m1/s1/i9D/t9?,12-. The van der Waals surface area contributed by atoms with Gasteiger partial charge >= 0.3 is 0 Å². The van der Waals surface area contributed by atoms with Gasteiger partial charge < -0.3 is 4.90 Å². The highest BCUT2D eigenvalue weighted by Gasteiger charge is 2.20.